The lowest BCUT2D eigenvalue weighted by Crippen LogP contribution is -2.68. The average Bonchev–Trinajstić information content (AvgIpc) is 2.46. The summed E-state index contributed by atoms with van der Waals surface area (Å²) < 4.78 is 73.8. The van der Waals surface area contributed by atoms with E-state index in [-0.39, 0.29) is 26.2 Å². The zero-order valence-corrected chi connectivity index (χ0v) is 14.4. The summed E-state index contributed by atoms with van der Waals surface area (Å²) >= 11 is 0. The number of ether oxygens (including phenoxy) is 1. The van der Waals surface area contributed by atoms with Crippen LogP contribution in [0.5, 0.6) is 0 Å². The summed E-state index contributed by atoms with van der Waals surface area (Å²) in [6.07, 6.45) is -5.17. The van der Waals surface area contributed by atoms with Gasteiger partial charge in [-0.05, 0) is 52.9 Å². The van der Waals surface area contributed by atoms with E-state index in [1.165, 1.54) is 13.8 Å². The highest BCUT2D eigenvalue weighted by atomic mass is 19.4. The van der Waals surface area contributed by atoms with Crippen molar-refractivity contribution in [3.8, 4) is 0 Å². The van der Waals surface area contributed by atoms with Gasteiger partial charge >= 0.3 is 18.1 Å². The molecule has 1 fully saturated rings. The van der Waals surface area contributed by atoms with Gasteiger partial charge in [-0.2, -0.15) is 22.0 Å². The Bertz CT molecular complexity index is 463. The van der Waals surface area contributed by atoms with Crippen molar-refractivity contribution in [2.45, 2.75) is 89.5 Å². The number of rotatable bonds is 5. The molecule has 24 heavy (non-hydrogen) atoms. The van der Waals surface area contributed by atoms with Gasteiger partial charge in [0.15, 0.2) is 5.60 Å². The van der Waals surface area contributed by atoms with E-state index in [1.807, 2.05) is 0 Å². The zero-order chi connectivity index (χ0) is 19.0. The molecule has 0 aliphatic heterocycles. The van der Waals surface area contributed by atoms with Crippen molar-refractivity contribution in [3.63, 3.8) is 0 Å². The lowest BCUT2D eigenvalue weighted by molar-refractivity contribution is -0.366. The summed E-state index contributed by atoms with van der Waals surface area (Å²) in [4.78, 5) is 12.3. The Kier molecular flexibility index (Phi) is 5.65. The molecule has 0 saturated heterocycles. The fourth-order valence-corrected chi connectivity index (χ4v) is 2.68. The predicted molar refractivity (Wildman–Crippen MR) is 77.6 cm³/mol. The molecule has 1 atom stereocenters. The summed E-state index contributed by atoms with van der Waals surface area (Å²) in [5.74, 6) is -5.65. The number of carbonyl (C=O) groups is 1. The van der Waals surface area contributed by atoms with E-state index in [4.69, 9.17) is 4.74 Å². The number of hydrogen-bond acceptors (Lipinski definition) is 3. The van der Waals surface area contributed by atoms with Gasteiger partial charge in [-0.25, -0.2) is 0 Å². The molecule has 142 valence electrons. The molecule has 0 bridgehead atoms. The molecule has 1 unspecified atom stereocenters. The van der Waals surface area contributed by atoms with E-state index in [2.05, 4.69) is 0 Å². The van der Waals surface area contributed by atoms with Crippen LogP contribution in [0.25, 0.3) is 0 Å². The smallest absolute Gasteiger partial charge is 0.423 e. The van der Waals surface area contributed by atoms with Crippen LogP contribution in [0.3, 0.4) is 0 Å². The summed E-state index contributed by atoms with van der Waals surface area (Å²) in [5.41, 5.74) is -8.06. The lowest BCUT2D eigenvalue weighted by Gasteiger charge is -2.48. The lowest BCUT2D eigenvalue weighted by atomic mass is 9.73. The maximum Gasteiger partial charge on any atom is 0.423 e. The Morgan fingerprint density at radius 2 is 1.50 bits per heavy atom. The van der Waals surface area contributed by atoms with Crippen LogP contribution in [0.15, 0.2) is 0 Å². The van der Waals surface area contributed by atoms with E-state index in [1.54, 1.807) is 6.92 Å². The van der Waals surface area contributed by atoms with Crippen molar-refractivity contribution >= 4 is 5.97 Å². The first-order valence-electron chi connectivity index (χ1n) is 8.05. The maximum absolute atomic E-state index is 14.8. The zero-order valence-electron chi connectivity index (χ0n) is 14.4. The van der Waals surface area contributed by atoms with E-state index >= 15 is 0 Å². The minimum absolute atomic E-state index is 0.0299. The van der Waals surface area contributed by atoms with Gasteiger partial charge in [0, 0.05) is 0 Å². The molecule has 0 spiro atoms. The molecule has 0 amide bonds. The van der Waals surface area contributed by atoms with Gasteiger partial charge in [-0.3, -0.25) is 4.79 Å². The highest BCUT2D eigenvalue weighted by molar-refractivity contribution is 5.76. The van der Waals surface area contributed by atoms with Gasteiger partial charge in [0.05, 0.1) is 5.41 Å². The molecule has 0 aromatic heterocycles. The summed E-state index contributed by atoms with van der Waals surface area (Å²) in [7, 11) is 0. The van der Waals surface area contributed by atoms with Crippen LogP contribution < -0.4 is 0 Å². The first-order chi connectivity index (χ1) is 10.6. The predicted octanol–water partition coefficient (Wildman–Crippen LogP) is 4.62. The standard InChI is InChI=1S/C16H25F5O3/c1-5-12(2,3)11(22)24-14(9-7-6-8-10-14)15(17,18)13(4,23)16(19,20)21/h23H,5-10H2,1-4H3. The third-order valence-corrected chi connectivity index (χ3v) is 5.12. The molecule has 8 heteroatoms. The van der Waals surface area contributed by atoms with Gasteiger partial charge in [0.1, 0.15) is 0 Å². The summed E-state index contributed by atoms with van der Waals surface area (Å²) in [5, 5.41) is 9.60. The van der Waals surface area contributed by atoms with E-state index in [0.717, 1.165) is 0 Å². The van der Waals surface area contributed by atoms with Gasteiger partial charge in [-0.1, -0.05) is 13.3 Å². The molecule has 0 heterocycles. The molecule has 0 aromatic rings. The second kappa shape index (κ2) is 6.42. The van der Waals surface area contributed by atoms with Gasteiger partial charge in [-0.15, -0.1) is 0 Å². The normalized spacial score (nSPS) is 21.9. The number of hydrogen-bond donors (Lipinski definition) is 1. The third-order valence-electron chi connectivity index (χ3n) is 5.12. The highest BCUT2D eigenvalue weighted by Gasteiger charge is 2.75. The Morgan fingerprint density at radius 1 is 1.04 bits per heavy atom. The molecule has 3 nitrogen and oxygen atoms in total. The largest absolute Gasteiger partial charge is 0.452 e. The van der Waals surface area contributed by atoms with E-state index in [0.29, 0.717) is 6.42 Å². The van der Waals surface area contributed by atoms with Gasteiger partial charge < -0.3 is 9.84 Å². The summed E-state index contributed by atoms with van der Waals surface area (Å²) in [6.45, 7) is 4.64. The van der Waals surface area contributed by atoms with Crippen molar-refractivity contribution in [3.05, 3.63) is 0 Å². The molecule has 1 aliphatic carbocycles. The molecule has 1 N–H and O–H groups in total. The minimum Gasteiger partial charge on any atom is -0.452 e. The van der Waals surface area contributed by atoms with Crippen LogP contribution in [0.1, 0.15) is 66.2 Å². The Hall–Kier alpha value is -0.920. The van der Waals surface area contributed by atoms with Gasteiger partial charge in [0.2, 0.25) is 5.60 Å². The number of halogens is 5. The van der Waals surface area contributed by atoms with Crippen LogP contribution in [0.4, 0.5) is 22.0 Å². The average molecular weight is 360 g/mol. The van der Waals surface area contributed by atoms with Crippen LogP contribution in [-0.2, 0) is 9.53 Å². The second-order valence-corrected chi connectivity index (χ2v) is 7.33. The van der Waals surface area contributed by atoms with Crippen LogP contribution >= 0.6 is 0 Å². The Morgan fingerprint density at radius 3 is 1.88 bits per heavy atom. The fraction of sp³-hybridized carbons (Fsp3) is 0.938. The van der Waals surface area contributed by atoms with Crippen LogP contribution in [0, 0.1) is 5.41 Å². The second-order valence-electron chi connectivity index (χ2n) is 7.33. The number of carbonyl (C=O) groups excluding carboxylic acids is 1. The fourth-order valence-electron chi connectivity index (χ4n) is 2.68. The monoisotopic (exact) mass is 360 g/mol. The Balaban J connectivity index is 3.33. The number of aliphatic hydroxyl groups is 1. The molecule has 1 aliphatic rings. The molecular weight excluding hydrogens is 335 g/mol. The van der Waals surface area contributed by atoms with Gasteiger partial charge in [0.25, 0.3) is 0 Å². The maximum atomic E-state index is 14.8. The number of esters is 1. The Labute approximate surface area is 138 Å². The molecule has 0 aromatic carbocycles. The van der Waals surface area contributed by atoms with E-state index in [9.17, 15) is 31.9 Å². The van der Waals surface area contributed by atoms with Crippen molar-refractivity contribution in [1.82, 2.24) is 0 Å². The first kappa shape index (κ1) is 21.1. The number of alkyl halides is 5. The van der Waals surface area contributed by atoms with Crippen molar-refractivity contribution in [2.75, 3.05) is 0 Å². The first-order valence-corrected chi connectivity index (χ1v) is 8.05. The topological polar surface area (TPSA) is 46.5 Å². The highest BCUT2D eigenvalue weighted by Crippen LogP contribution is 2.54. The molecular formula is C16H25F5O3. The molecule has 0 radical (unpaired) electrons. The minimum atomic E-state index is -5.56. The molecule has 1 saturated carbocycles. The molecule has 1 rings (SSSR count). The van der Waals surface area contributed by atoms with E-state index < -0.39 is 47.5 Å². The SMILES string of the molecule is CCC(C)(C)C(=O)OC1(C(F)(F)C(C)(O)C(F)(F)F)CCCCC1. The third kappa shape index (κ3) is 3.39. The van der Waals surface area contributed by atoms with Crippen molar-refractivity contribution < 1.29 is 36.6 Å². The van der Waals surface area contributed by atoms with Crippen molar-refractivity contribution in [2.24, 2.45) is 5.41 Å². The van der Waals surface area contributed by atoms with Crippen molar-refractivity contribution in [1.29, 1.82) is 0 Å². The van der Waals surface area contributed by atoms with Crippen LogP contribution in [-0.4, -0.2) is 34.4 Å². The quantitative estimate of drug-likeness (QED) is 0.575. The summed E-state index contributed by atoms with van der Waals surface area (Å²) in [6, 6.07) is 0. The van der Waals surface area contributed by atoms with Crippen LogP contribution in [0.2, 0.25) is 0 Å².